The molecule has 0 unspecified atom stereocenters. The molecule has 0 aliphatic carbocycles. The second-order valence-electron chi connectivity index (χ2n) is 5.74. The first-order valence-corrected chi connectivity index (χ1v) is 8.10. The van der Waals surface area contributed by atoms with Gasteiger partial charge >= 0.3 is 0 Å². The van der Waals surface area contributed by atoms with Crippen LogP contribution in [0.3, 0.4) is 0 Å². The van der Waals surface area contributed by atoms with Gasteiger partial charge in [0, 0.05) is 18.0 Å². The summed E-state index contributed by atoms with van der Waals surface area (Å²) >= 11 is 0. The van der Waals surface area contributed by atoms with Crippen LogP contribution in [0.2, 0.25) is 0 Å². The van der Waals surface area contributed by atoms with Crippen molar-refractivity contribution in [3.8, 4) is 5.75 Å². The number of hydrogen-bond donors (Lipinski definition) is 1. The summed E-state index contributed by atoms with van der Waals surface area (Å²) in [6.07, 6.45) is 1.73. The van der Waals surface area contributed by atoms with E-state index in [2.05, 4.69) is 17.3 Å². The summed E-state index contributed by atoms with van der Waals surface area (Å²) in [5, 5.41) is 9.16. The predicted molar refractivity (Wildman–Crippen MR) is 95.4 cm³/mol. The molecule has 0 radical (unpaired) electrons. The van der Waals surface area contributed by atoms with E-state index >= 15 is 0 Å². The Hall–Kier alpha value is -2.66. The summed E-state index contributed by atoms with van der Waals surface area (Å²) in [7, 11) is 0. The monoisotopic (exact) mass is 323 g/mol. The zero-order chi connectivity index (χ0) is 16.8. The molecule has 1 atom stereocenters. The third-order valence-corrected chi connectivity index (χ3v) is 3.82. The molecule has 5 nitrogen and oxygen atoms in total. The Bertz CT molecular complexity index is 846. The van der Waals surface area contributed by atoms with Crippen LogP contribution >= 0.6 is 0 Å². The van der Waals surface area contributed by atoms with Crippen molar-refractivity contribution in [3.63, 3.8) is 0 Å². The van der Waals surface area contributed by atoms with Crippen LogP contribution in [0.1, 0.15) is 6.92 Å². The van der Waals surface area contributed by atoms with Crippen LogP contribution in [0.15, 0.2) is 65.6 Å². The number of para-hydroxylation sites is 1. The topological polar surface area (TPSA) is 56.1 Å². The van der Waals surface area contributed by atoms with Crippen LogP contribution in [-0.2, 0) is 6.54 Å². The van der Waals surface area contributed by atoms with Gasteiger partial charge in [0.1, 0.15) is 12.4 Å². The van der Waals surface area contributed by atoms with Crippen molar-refractivity contribution in [1.29, 1.82) is 0 Å². The molecule has 0 bridgehead atoms. The average Bonchev–Trinajstić information content (AvgIpc) is 2.63. The van der Waals surface area contributed by atoms with Crippen molar-refractivity contribution in [2.75, 3.05) is 13.2 Å². The molecule has 0 aliphatic heterocycles. The van der Waals surface area contributed by atoms with E-state index in [1.807, 2.05) is 54.6 Å². The number of benzene rings is 2. The molecule has 2 aromatic carbocycles. The summed E-state index contributed by atoms with van der Waals surface area (Å²) < 4.78 is 7.21. The predicted octanol–water partition coefficient (Wildman–Crippen LogP) is 2.45. The molecule has 1 N–H and O–H groups in total. The highest BCUT2D eigenvalue weighted by atomic mass is 16.5. The normalized spacial score (nSPS) is 12.2. The van der Waals surface area contributed by atoms with Gasteiger partial charge in [-0.05, 0) is 25.1 Å². The zero-order valence-electron chi connectivity index (χ0n) is 13.7. The van der Waals surface area contributed by atoms with Crippen molar-refractivity contribution in [2.24, 2.45) is 0 Å². The largest absolute Gasteiger partial charge is 0.492 e. The lowest BCUT2D eigenvalue weighted by molar-refractivity contribution is 0.271. The van der Waals surface area contributed by atoms with Crippen molar-refractivity contribution in [2.45, 2.75) is 19.5 Å². The van der Waals surface area contributed by atoms with Gasteiger partial charge in [-0.15, -0.1) is 0 Å². The molecule has 0 saturated carbocycles. The van der Waals surface area contributed by atoms with E-state index in [1.54, 1.807) is 6.20 Å². The Morgan fingerprint density at radius 3 is 2.71 bits per heavy atom. The van der Waals surface area contributed by atoms with E-state index < -0.39 is 0 Å². The smallest absolute Gasteiger partial charge is 0.274 e. The standard InChI is InChI=1S/C19H21N3O2/c1-15(14-24-17-8-3-2-4-9-17)20-11-12-22-19(23)18-10-6-5-7-16(18)13-21-22/h2-10,13,15,20H,11-12,14H2,1H3/t15-/m0/s1. The van der Waals surface area contributed by atoms with Gasteiger partial charge in [0.2, 0.25) is 0 Å². The molecule has 1 aromatic heterocycles. The summed E-state index contributed by atoms with van der Waals surface area (Å²) in [6.45, 7) is 3.81. The first kappa shape index (κ1) is 16.2. The van der Waals surface area contributed by atoms with Crippen LogP contribution in [0.5, 0.6) is 5.75 Å². The van der Waals surface area contributed by atoms with E-state index in [-0.39, 0.29) is 11.6 Å². The molecule has 0 aliphatic rings. The van der Waals surface area contributed by atoms with Crippen LogP contribution in [0.4, 0.5) is 0 Å². The number of aromatic nitrogens is 2. The third kappa shape index (κ3) is 4.00. The van der Waals surface area contributed by atoms with E-state index in [0.717, 1.165) is 11.1 Å². The van der Waals surface area contributed by atoms with Gasteiger partial charge in [0.25, 0.3) is 5.56 Å². The Kier molecular flexibility index (Phi) is 5.23. The maximum Gasteiger partial charge on any atom is 0.274 e. The quantitative estimate of drug-likeness (QED) is 0.726. The Morgan fingerprint density at radius 1 is 1.12 bits per heavy atom. The van der Waals surface area contributed by atoms with Gasteiger partial charge in [0.05, 0.1) is 18.1 Å². The molecule has 3 aromatic rings. The van der Waals surface area contributed by atoms with Gasteiger partial charge in [-0.25, -0.2) is 4.68 Å². The van der Waals surface area contributed by atoms with Crippen molar-refractivity contribution >= 4 is 10.8 Å². The van der Waals surface area contributed by atoms with Crippen molar-refractivity contribution < 1.29 is 4.74 Å². The molecule has 0 fully saturated rings. The number of nitrogens with one attached hydrogen (secondary N) is 1. The van der Waals surface area contributed by atoms with Crippen LogP contribution in [0.25, 0.3) is 10.8 Å². The van der Waals surface area contributed by atoms with E-state index in [9.17, 15) is 4.79 Å². The van der Waals surface area contributed by atoms with Gasteiger partial charge < -0.3 is 10.1 Å². The highest BCUT2D eigenvalue weighted by molar-refractivity contribution is 5.80. The molecular formula is C19H21N3O2. The second kappa shape index (κ2) is 7.75. The van der Waals surface area contributed by atoms with Crippen LogP contribution in [0, 0.1) is 0 Å². The molecule has 3 rings (SSSR count). The Labute approximate surface area is 140 Å². The lowest BCUT2D eigenvalue weighted by Gasteiger charge is -2.15. The minimum absolute atomic E-state index is 0.0527. The fourth-order valence-corrected chi connectivity index (χ4v) is 2.50. The van der Waals surface area contributed by atoms with Gasteiger partial charge in [-0.1, -0.05) is 36.4 Å². The Morgan fingerprint density at radius 2 is 1.88 bits per heavy atom. The maximum absolute atomic E-state index is 12.4. The maximum atomic E-state index is 12.4. The first-order valence-electron chi connectivity index (χ1n) is 8.10. The highest BCUT2D eigenvalue weighted by Gasteiger charge is 2.05. The fourth-order valence-electron chi connectivity index (χ4n) is 2.50. The number of rotatable bonds is 7. The van der Waals surface area contributed by atoms with Gasteiger partial charge in [0.15, 0.2) is 0 Å². The highest BCUT2D eigenvalue weighted by Crippen LogP contribution is 2.08. The summed E-state index contributed by atoms with van der Waals surface area (Å²) in [4.78, 5) is 12.4. The van der Waals surface area contributed by atoms with E-state index in [1.165, 1.54) is 4.68 Å². The first-order chi connectivity index (χ1) is 11.7. The SMILES string of the molecule is C[C@@H](COc1ccccc1)NCCn1ncc2ccccc2c1=O. The molecule has 0 saturated heterocycles. The average molecular weight is 323 g/mol. The fraction of sp³-hybridized carbons (Fsp3) is 0.263. The molecule has 24 heavy (non-hydrogen) atoms. The molecule has 0 spiro atoms. The van der Waals surface area contributed by atoms with Crippen molar-refractivity contribution in [1.82, 2.24) is 15.1 Å². The Balaban J connectivity index is 1.51. The molecule has 5 heteroatoms. The summed E-state index contributed by atoms with van der Waals surface area (Å²) in [6, 6.07) is 17.4. The number of hydrogen-bond acceptors (Lipinski definition) is 4. The third-order valence-electron chi connectivity index (χ3n) is 3.82. The summed E-state index contributed by atoms with van der Waals surface area (Å²) in [5.74, 6) is 0.860. The lowest BCUT2D eigenvalue weighted by atomic mass is 10.2. The van der Waals surface area contributed by atoms with Gasteiger partial charge in [-0.3, -0.25) is 4.79 Å². The zero-order valence-corrected chi connectivity index (χ0v) is 13.7. The summed E-state index contributed by atoms with van der Waals surface area (Å²) in [5.41, 5.74) is -0.0527. The minimum Gasteiger partial charge on any atom is -0.492 e. The van der Waals surface area contributed by atoms with Crippen LogP contribution in [-0.4, -0.2) is 29.0 Å². The van der Waals surface area contributed by atoms with Gasteiger partial charge in [-0.2, -0.15) is 5.10 Å². The molecule has 1 heterocycles. The van der Waals surface area contributed by atoms with Crippen molar-refractivity contribution in [3.05, 3.63) is 71.1 Å². The second-order valence-corrected chi connectivity index (χ2v) is 5.74. The number of ether oxygens (including phenoxy) is 1. The van der Waals surface area contributed by atoms with Crippen LogP contribution < -0.4 is 15.6 Å². The minimum atomic E-state index is -0.0527. The van der Waals surface area contributed by atoms with E-state index in [0.29, 0.717) is 25.1 Å². The molecular weight excluding hydrogens is 302 g/mol. The molecule has 124 valence electrons. The molecule has 0 amide bonds. The van der Waals surface area contributed by atoms with E-state index in [4.69, 9.17) is 4.74 Å². The number of nitrogens with zero attached hydrogens (tertiary/aromatic N) is 2. The lowest BCUT2D eigenvalue weighted by Crippen LogP contribution is -2.36. The number of fused-ring (bicyclic) bond motifs is 1.